The quantitative estimate of drug-likeness (QED) is 0.261. The fourth-order valence-corrected chi connectivity index (χ4v) is 8.07. The molecule has 4 nitrogen and oxygen atoms in total. The lowest BCUT2D eigenvalue weighted by atomic mass is 9.42. The van der Waals surface area contributed by atoms with Gasteiger partial charge in [0.15, 0.2) is 0 Å². The van der Waals surface area contributed by atoms with Crippen molar-refractivity contribution >= 4 is 11.4 Å². The summed E-state index contributed by atoms with van der Waals surface area (Å²) < 4.78 is 13.3. The first kappa shape index (κ1) is 23.2. The van der Waals surface area contributed by atoms with Gasteiger partial charge < -0.3 is 20.9 Å². The van der Waals surface area contributed by atoms with E-state index in [-0.39, 0.29) is 5.41 Å². The summed E-state index contributed by atoms with van der Waals surface area (Å²) in [5, 5.41) is 0. The molecule has 0 atom stereocenters. The molecule has 4 aromatic carbocycles. The molecule has 4 aliphatic rings. The second kappa shape index (κ2) is 9.13. The average Bonchev–Trinajstić information content (AvgIpc) is 2.92. The largest absolute Gasteiger partial charge is 0.457 e. The van der Waals surface area contributed by atoms with Gasteiger partial charge in [-0.05, 0) is 116 Å². The van der Waals surface area contributed by atoms with E-state index >= 15 is 0 Å². The van der Waals surface area contributed by atoms with Crippen molar-refractivity contribution < 1.29 is 9.47 Å². The van der Waals surface area contributed by atoms with Gasteiger partial charge in [-0.25, -0.2) is 0 Å². The highest BCUT2D eigenvalue weighted by Crippen LogP contribution is 2.67. The minimum atomic E-state index is -0.178. The fourth-order valence-electron chi connectivity index (χ4n) is 8.07. The molecule has 0 heterocycles. The summed E-state index contributed by atoms with van der Waals surface area (Å²) in [5.41, 5.74) is 15.8. The van der Waals surface area contributed by atoms with E-state index in [4.69, 9.17) is 20.9 Å². The van der Waals surface area contributed by atoms with Crippen LogP contribution in [-0.4, -0.2) is 0 Å². The first-order valence-corrected chi connectivity index (χ1v) is 13.9. The fraction of sp³-hybridized carbons (Fsp3) is 0.294. The number of benzene rings is 4. The molecule has 4 fully saturated rings. The topological polar surface area (TPSA) is 70.5 Å². The normalized spacial score (nSPS) is 24.7. The van der Waals surface area contributed by atoms with Crippen LogP contribution in [0.5, 0.6) is 23.0 Å². The number of rotatable bonds is 6. The number of para-hydroxylation sites is 2. The summed E-state index contributed by atoms with van der Waals surface area (Å²) in [4.78, 5) is 0. The Morgan fingerprint density at radius 2 is 0.895 bits per heavy atom. The lowest BCUT2D eigenvalue weighted by Crippen LogP contribution is -2.56. The summed E-state index contributed by atoms with van der Waals surface area (Å²) >= 11 is 0. The zero-order valence-electron chi connectivity index (χ0n) is 21.6. The minimum Gasteiger partial charge on any atom is -0.457 e. The Morgan fingerprint density at radius 3 is 1.32 bits per heavy atom. The van der Waals surface area contributed by atoms with Gasteiger partial charge in [0.2, 0.25) is 0 Å². The zero-order valence-corrected chi connectivity index (χ0v) is 21.6. The Labute approximate surface area is 224 Å². The molecule has 38 heavy (non-hydrogen) atoms. The van der Waals surface area contributed by atoms with E-state index in [0.717, 1.165) is 46.2 Å². The molecule has 0 radical (unpaired) electrons. The van der Waals surface area contributed by atoms with Gasteiger partial charge in [0, 0.05) is 27.9 Å². The third-order valence-corrected chi connectivity index (χ3v) is 9.31. The average molecular weight is 503 g/mol. The van der Waals surface area contributed by atoms with E-state index in [1.165, 1.54) is 43.2 Å². The molecule has 0 saturated heterocycles. The first-order chi connectivity index (χ1) is 18.6. The summed E-state index contributed by atoms with van der Waals surface area (Å²) in [6.45, 7) is 0. The van der Waals surface area contributed by atoms with Crippen LogP contribution in [-0.2, 0) is 5.41 Å². The van der Waals surface area contributed by atoms with E-state index in [1.54, 1.807) is 0 Å². The molecule has 4 bridgehead atoms. The van der Waals surface area contributed by atoms with Crippen molar-refractivity contribution in [1.82, 2.24) is 0 Å². The highest BCUT2D eigenvalue weighted by molar-refractivity contribution is 5.57. The summed E-state index contributed by atoms with van der Waals surface area (Å²) in [6.07, 6.45) is 6.45. The van der Waals surface area contributed by atoms with Crippen LogP contribution >= 0.6 is 0 Å². The Bertz CT molecular complexity index is 1320. The smallest absolute Gasteiger partial charge is 0.131 e. The molecule has 4 heteroatoms. The molecule has 4 N–H and O–H groups in total. The highest BCUT2D eigenvalue weighted by atomic mass is 16.5. The number of hydrogen-bond donors (Lipinski definition) is 2. The number of ether oxygens (including phenoxy) is 2. The molecule has 0 unspecified atom stereocenters. The molecule has 4 aromatic rings. The second-order valence-corrected chi connectivity index (χ2v) is 11.5. The molecule has 0 aromatic heterocycles. The molecule has 0 amide bonds. The zero-order chi connectivity index (χ0) is 25.7. The first-order valence-electron chi connectivity index (χ1n) is 13.9. The van der Waals surface area contributed by atoms with Crippen LogP contribution in [0.15, 0.2) is 97.1 Å². The highest BCUT2D eigenvalue weighted by Gasteiger charge is 2.60. The summed E-state index contributed by atoms with van der Waals surface area (Å²) in [6, 6.07) is 32.7. The SMILES string of the molecule is Nc1ccc(Oc2ccccc2C2(c3ccccc3Oc3ccc(N)cc3)C3CC4CC(C3)CC2C4)cc1. The standard InChI is InChI=1S/C34H34N2O2/c35-26-9-13-28(14-10-26)37-32-7-3-1-5-30(32)34(24-18-22-17-23(20-24)21-25(34)19-22)31-6-2-4-8-33(31)38-29-15-11-27(36)12-16-29/h1-16,22-25H,17-21,35-36H2. The predicted octanol–water partition coefficient (Wildman–Crippen LogP) is 8.18. The van der Waals surface area contributed by atoms with Crippen LogP contribution < -0.4 is 20.9 Å². The van der Waals surface area contributed by atoms with Crippen LogP contribution in [0.2, 0.25) is 0 Å². The maximum atomic E-state index is 6.63. The Morgan fingerprint density at radius 1 is 0.500 bits per heavy atom. The van der Waals surface area contributed by atoms with E-state index in [9.17, 15) is 0 Å². The molecule has 0 spiro atoms. The van der Waals surface area contributed by atoms with Crippen LogP contribution in [0.1, 0.15) is 43.2 Å². The Balaban J connectivity index is 1.40. The van der Waals surface area contributed by atoms with Crippen molar-refractivity contribution in [3.8, 4) is 23.0 Å². The molecule has 0 aliphatic heterocycles. The van der Waals surface area contributed by atoms with Gasteiger partial charge in [0.05, 0.1) is 0 Å². The van der Waals surface area contributed by atoms with Gasteiger partial charge in [-0.1, -0.05) is 36.4 Å². The molecular weight excluding hydrogens is 468 g/mol. The Hall–Kier alpha value is -3.92. The molecule has 192 valence electrons. The molecule has 8 rings (SSSR count). The number of nitrogen functional groups attached to an aromatic ring is 2. The lowest BCUT2D eigenvalue weighted by molar-refractivity contribution is -0.0431. The van der Waals surface area contributed by atoms with Gasteiger partial charge >= 0.3 is 0 Å². The number of nitrogens with two attached hydrogens (primary N) is 2. The van der Waals surface area contributed by atoms with E-state index in [2.05, 4.69) is 48.5 Å². The van der Waals surface area contributed by atoms with E-state index < -0.39 is 0 Å². The van der Waals surface area contributed by atoms with Crippen molar-refractivity contribution in [2.75, 3.05) is 11.5 Å². The second-order valence-electron chi connectivity index (χ2n) is 11.5. The van der Waals surface area contributed by atoms with Crippen LogP contribution in [0.3, 0.4) is 0 Å². The van der Waals surface area contributed by atoms with Crippen LogP contribution in [0.25, 0.3) is 0 Å². The van der Waals surface area contributed by atoms with Crippen molar-refractivity contribution in [3.63, 3.8) is 0 Å². The van der Waals surface area contributed by atoms with Crippen molar-refractivity contribution in [3.05, 3.63) is 108 Å². The third kappa shape index (κ3) is 3.82. The van der Waals surface area contributed by atoms with Crippen LogP contribution in [0, 0.1) is 23.7 Å². The van der Waals surface area contributed by atoms with E-state index in [0.29, 0.717) is 11.8 Å². The van der Waals surface area contributed by atoms with Gasteiger partial charge in [-0.15, -0.1) is 0 Å². The maximum Gasteiger partial charge on any atom is 0.131 e. The van der Waals surface area contributed by atoms with E-state index in [1.807, 2.05) is 48.5 Å². The summed E-state index contributed by atoms with van der Waals surface area (Å²) in [7, 11) is 0. The molecule has 4 aliphatic carbocycles. The minimum absolute atomic E-state index is 0.178. The summed E-state index contributed by atoms with van der Waals surface area (Å²) in [5.74, 6) is 6.22. The third-order valence-electron chi connectivity index (χ3n) is 9.31. The van der Waals surface area contributed by atoms with Crippen LogP contribution in [0.4, 0.5) is 11.4 Å². The molecule has 4 saturated carbocycles. The number of anilines is 2. The van der Waals surface area contributed by atoms with Crippen molar-refractivity contribution in [1.29, 1.82) is 0 Å². The predicted molar refractivity (Wildman–Crippen MR) is 153 cm³/mol. The monoisotopic (exact) mass is 502 g/mol. The van der Waals surface area contributed by atoms with Gasteiger partial charge in [0.1, 0.15) is 23.0 Å². The Kier molecular flexibility index (Phi) is 5.57. The lowest BCUT2D eigenvalue weighted by Gasteiger charge is -2.62. The van der Waals surface area contributed by atoms with Crippen molar-refractivity contribution in [2.45, 2.75) is 37.5 Å². The van der Waals surface area contributed by atoms with Crippen molar-refractivity contribution in [2.24, 2.45) is 23.7 Å². The van der Waals surface area contributed by atoms with Gasteiger partial charge in [-0.3, -0.25) is 0 Å². The van der Waals surface area contributed by atoms with Gasteiger partial charge in [-0.2, -0.15) is 0 Å². The maximum absolute atomic E-state index is 6.63. The number of hydrogen-bond acceptors (Lipinski definition) is 4. The van der Waals surface area contributed by atoms with Gasteiger partial charge in [0.25, 0.3) is 0 Å². The molecular formula is C34H34N2O2.